The highest BCUT2D eigenvalue weighted by Gasteiger charge is 2.14. The van der Waals surface area contributed by atoms with Gasteiger partial charge in [-0.15, -0.1) is 0 Å². The number of nitrogens with one attached hydrogen (secondary N) is 2. The predicted octanol–water partition coefficient (Wildman–Crippen LogP) is 2.80. The first-order valence-electron chi connectivity index (χ1n) is 9.20. The van der Waals surface area contributed by atoms with Crippen molar-refractivity contribution in [2.45, 2.75) is 26.4 Å². The molecule has 1 aliphatic heterocycles. The first-order valence-corrected chi connectivity index (χ1v) is 9.20. The summed E-state index contributed by atoms with van der Waals surface area (Å²) in [4.78, 5) is 7.19. The number of rotatable bonds is 6. The maximum atomic E-state index is 4.68. The van der Waals surface area contributed by atoms with E-state index in [0.717, 1.165) is 45.1 Å². The van der Waals surface area contributed by atoms with Crippen molar-refractivity contribution >= 4 is 5.96 Å². The van der Waals surface area contributed by atoms with Gasteiger partial charge in [0.05, 0.1) is 6.54 Å². The van der Waals surface area contributed by atoms with Gasteiger partial charge in [0.15, 0.2) is 5.96 Å². The van der Waals surface area contributed by atoms with Crippen LogP contribution in [0.1, 0.15) is 23.6 Å². The second kappa shape index (κ2) is 9.23. The molecule has 132 valence electrons. The van der Waals surface area contributed by atoms with Crippen LogP contribution >= 0.6 is 0 Å². The van der Waals surface area contributed by atoms with Crippen molar-refractivity contribution < 1.29 is 0 Å². The van der Waals surface area contributed by atoms with Crippen molar-refractivity contribution in [3.8, 4) is 0 Å². The van der Waals surface area contributed by atoms with E-state index in [1.165, 1.54) is 16.7 Å². The lowest BCUT2D eigenvalue weighted by atomic mass is 10.00. The van der Waals surface area contributed by atoms with E-state index in [1.807, 2.05) is 6.07 Å². The van der Waals surface area contributed by atoms with E-state index in [0.29, 0.717) is 6.54 Å². The van der Waals surface area contributed by atoms with Crippen molar-refractivity contribution in [2.24, 2.45) is 4.99 Å². The Labute approximate surface area is 151 Å². The number of nitrogens with zero attached hydrogens (tertiary/aromatic N) is 2. The smallest absolute Gasteiger partial charge is 0.191 e. The summed E-state index contributed by atoms with van der Waals surface area (Å²) in [5, 5.41) is 6.79. The molecule has 0 fully saturated rings. The predicted molar refractivity (Wildman–Crippen MR) is 105 cm³/mol. The van der Waals surface area contributed by atoms with E-state index in [4.69, 9.17) is 0 Å². The molecule has 3 rings (SSSR count). The van der Waals surface area contributed by atoms with Crippen LogP contribution in [0.3, 0.4) is 0 Å². The van der Waals surface area contributed by atoms with Crippen LogP contribution in [-0.4, -0.2) is 37.0 Å². The fraction of sp³-hybridized carbons (Fsp3) is 0.381. The van der Waals surface area contributed by atoms with Gasteiger partial charge >= 0.3 is 0 Å². The molecule has 4 nitrogen and oxygen atoms in total. The number of hydrogen-bond acceptors (Lipinski definition) is 2. The minimum atomic E-state index is 0.702. The molecule has 2 aromatic carbocycles. The van der Waals surface area contributed by atoms with Gasteiger partial charge < -0.3 is 10.6 Å². The molecule has 0 radical (unpaired) electrons. The normalized spacial score (nSPS) is 14.8. The number of guanidine groups is 1. The summed E-state index contributed by atoms with van der Waals surface area (Å²) in [5.74, 6) is 0.892. The topological polar surface area (TPSA) is 39.7 Å². The lowest BCUT2D eigenvalue weighted by Crippen LogP contribution is -2.42. The first-order chi connectivity index (χ1) is 12.3. The standard InChI is InChI=1S/C21H28N4/c1-2-22-21(24-16-18-8-4-3-5-9-18)23-13-15-25-14-12-19-10-6-7-11-20(19)17-25/h3-11H,2,12-17H2,1H3,(H2,22,23,24). The Kier molecular flexibility index (Phi) is 6.46. The second-order valence-electron chi connectivity index (χ2n) is 6.40. The molecule has 25 heavy (non-hydrogen) atoms. The van der Waals surface area contributed by atoms with E-state index >= 15 is 0 Å². The summed E-state index contributed by atoms with van der Waals surface area (Å²) in [6.45, 7) is 7.80. The molecular weight excluding hydrogens is 308 g/mol. The molecule has 2 aromatic rings. The van der Waals surface area contributed by atoms with Crippen molar-refractivity contribution in [1.29, 1.82) is 0 Å². The van der Waals surface area contributed by atoms with Crippen molar-refractivity contribution in [1.82, 2.24) is 15.5 Å². The quantitative estimate of drug-likeness (QED) is 0.629. The Morgan fingerprint density at radius 3 is 2.56 bits per heavy atom. The van der Waals surface area contributed by atoms with Gasteiger partial charge in [-0.25, -0.2) is 4.99 Å². The fourth-order valence-corrected chi connectivity index (χ4v) is 3.17. The zero-order valence-electron chi connectivity index (χ0n) is 15.0. The van der Waals surface area contributed by atoms with Crippen LogP contribution in [0, 0.1) is 0 Å². The number of hydrogen-bond donors (Lipinski definition) is 2. The van der Waals surface area contributed by atoms with E-state index in [1.54, 1.807) is 0 Å². The lowest BCUT2D eigenvalue weighted by molar-refractivity contribution is 0.258. The molecule has 0 spiro atoms. The van der Waals surface area contributed by atoms with E-state index in [2.05, 4.69) is 76.0 Å². The third-order valence-corrected chi connectivity index (χ3v) is 4.54. The molecular formula is C21H28N4. The number of aliphatic imine (C=N–C) groups is 1. The average Bonchev–Trinajstić information content (AvgIpc) is 2.67. The number of fused-ring (bicyclic) bond motifs is 1. The summed E-state index contributed by atoms with van der Waals surface area (Å²) < 4.78 is 0. The van der Waals surface area contributed by atoms with Gasteiger partial charge in [0, 0.05) is 32.7 Å². The second-order valence-corrected chi connectivity index (χ2v) is 6.40. The van der Waals surface area contributed by atoms with E-state index in [-0.39, 0.29) is 0 Å². The minimum absolute atomic E-state index is 0.702. The molecule has 0 saturated carbocycles. The Morgan fingerprint density at radius 1 is 1.00 bits per heavy atom. The Hall–Kier alpha value is -2.33. The van der Waals surface area contributed by atoms with Crippen molar-refractivity contribution in [2.75, 3.05) is 26.2 Å². The van der Waals surface area contributed by atoms with Crippen molar-refractivity contribution in [3.63, 3.8) is 0 Å². The summed E-state index contributed by atoms with van der Waals surface area (Å²) in [5.41, 5.74) is 4.20. The molecule has 0 amide bonds. The van der Waals surface area contributed by atoms with Crippen LogP contribution in [-0.2, 0) is 19.5 Å². The molecule has 1 aliphatic rings. The maximum Gasteiger partial charge on any atom is 0.191 e. The maximum absolute atomic E-state index is 4.68. The SMILES string of the molecule is CCNC(=NCc1ccccc1)NCCN1CCc2ccccc2C1. The average molecular weight is 336 g/mol. The summed E-state index contributed by atoms with van der Waals surface area (Å²) >= 11 is 0. The molecule has 0 aliphatic carbocycles. The molecule has 0 atom stereocenters. The molecule has 0 aromatic heterocycles. The molecule has 0 saturated heterocycles. The molecule has 4 heteroatoms. The van der Waals surface area contributed by atoms with Crippen LogP contribution in [0.25, 0.3) is 0 Å². The molecule has 0 unspecified atom stereocenters. The van der Waals surface area contributed by atoms with Crippen LogP contribution in [0.2, 0.25) is 0 Å². The Balaban J connectivity index is 1.47. The highest BCUT2D eigenvalue weighted by molar-refractivity contribution is 5.79. The van der Waals surface area contributed by atoms with Crippen LogP contribution < -0.4 is 10.6 Å². The van der Waals surface area contributed by atoms with Gasteiger partial charge in [-0.1, -0.05) is 54.6 Å². The zero-order chi connectivity index (χ0) is 17.3. The van der Waals surface area contributed by atoms with Crippen molar-refractivity contribution in [3.05, 3.63) is 71.3 Å². The largest absolute Gasteiger partial charge is 0.357 e. The highest BCUT2D eigenvalue weighted by Crippen LogP contribution is 2.17. The van der Waals surface area contributed by atoms with Gasteiger partial charge in [0.25, 0.3) is 0 Å². The molecule has 1 heterocycles. The van der Waals surface area contributed by atoms with Gasteiger partial charge in [-0.05, 0) is 30.0 Å². The lowest BCUT2D eigenvalue weighted by Gasteiger charge is -2.28. The van der Waals surface area contributed by atoms with Crippen LogP contribution in [0.15, 0.2) is 59.6 Å². The Bertz CT molecular complexity index is 681. The minimum Gasteiger partial charge on any atom is -0.357 e. The van der Waals surface area contributed by atoms with Crippen LogP contribution in [0.4, 0.5) is 0 Å². The summed E-state index contributed by atoms with van der Waals surface area (Å²) in [7, 11) is 0. The van der Waals surface area contributed by atoms with Gasteiger partial charge in [0.2, 0.25) is 0 Å². The van der Waals surface area contributed by atoms with E-state index in [9.17, 15) is 0 Å². The summed E-state index contributed by atoms with van der Waals surface area (Å²) in [6, 6.07) is 19.1. The first kappa shape index (κ1) is 17.5. The number of benzene rings is 2. The zero-order valence-corrected chi connectivity index (χ0v) is 15.0. The van der Waals surface area contributed by atoms with Gasteiger partial charge in [-0.3, -0.25) is 4.90 Å². The molecule has 2 N–H and O–H groups in total. The third kappa shape index (κ3) is 5.33. The van der Waals surface area contributed by atoms with E-state index < -0.39 is 0 Å². The summed E-state index contributed by atoms with van der Waals surface area (Å²) in [6.07, 6.45) is 1.15. The third-order valence-electron chi connectivity index (χ3n) is 4.54. The van der Waals surface area contributed by atoms with Gasteiger partial charge in [0.1, 0.15) is 0 Å². The fourth-order valence-electron chi connectivity index (χ4n) is 3.17. The van der Waals surface area contributed by atoms with Gasteiger partial charge in [-0.2, -0.15) is 0 Å². The highest BCUT2D eigenvalue weighted by atomic mass is 15.2. The van der Waals surface area contributed by atoms with Crippen LogP contribution in [0.5, 0.6) is 0 Å². The Morgan fingerprint density at radius 2 is 1.76 bits per heavy atom. The molecule has 0 bridgehead atoms. The monoisotopic (exact) mass is 336 g/mol.